The van der Waals surface area contributed by atoms with Crippen molar-refractivity contribution in [1.82, 2.24) is 9.97 Å². The summed E-state index contributed by atoms with van der Waals surface area (Å²) in [5, 5.41) is 6.85. The summed E-state index contributed by atoms with van der Waals surface area (Å²) in [5.74, 6) is 2.91. The normalized spacial score (nSPS) is 10.8. The molecule has 0 unspecified atom stereocenters. The van der Waals surface area contributed by atoms with E-state index < -0.39 is 0 Å². The molecule has 0 bridgehead atoms. The summed E-state index contributed by atoms with van der Waals surface area (Å²) in [5.41, 5.74) is 2.48. The van der Waals surface area contributed by atoms with Crippen molar-refractivity contribution in [3.05, 3.63) is 46.4 Å². The number of hydrogen-bond donors (Lipinski definition) is 2. The molecule has 0 saturated carbocycles. The van der Waals surface area contributed by atoms with Gasteiger partial charge in [-0.3, -0.25) is 0 Å². The monoisotopic (exact) mass is 474 g/mol. The number of aromatic nitrogens is 2. The van der Waals surface area contributed by atoms with Gasteiger partial charge >= 0.3 is 0 Å². The van der Waals surface area contributed by atoms with Crippen LogP contribution in [0.5, 0.6) is 11.5 Å². The van der Waals surface area contributed by atoms with Gasteiger partial charge in [0.05, 0.1) is 19.7 Å². The fraction of sp³-hybridized carbons (Fsp3) is 0.391. The second-order valence-corrected chi connectivity index (χ2v) is 8.29. The van der Waals surface area contributed by atoms with E-state index in [-0.39, 0.29) is 5.54 Å². The zero-order chi connectivity index (χ0) is 22.3. The number of fused-ring (bicyclic) bond motifs is 1. The predicted octanol–water partition coefficient (Wildman–Crippen LogP) is 6.26. The molecule has 0 aliphatic heterocycles. The van der Waals surface area contributed by atoms with Crippen molar-refractivity contribution >= 4 is 38.6 Å². The predicted molar refractivity (Wildman–Crippen MR) is 129 cm³/mol. The van der Waals surface area contributed by atoms with E-state index in [1.807, 2.05) is 50.2 Å². The minimum absolute atomic E-state index is 0.155. The van der Waals surface area contributed by atoms with Crippen molar-refractivity contribution in [3.8, 4) is 11.5 Å². The van der Waals surface area contributed by atoms with E-state index in [0.717, 1.165) is 32.6 Å². The number of nitrogens with zero attached hydrogens (tertiary/aromatic N) is 2. The SMILES string of the molecule is CC.COc1ccc(CNc2nc3cccc(Br)c3nc2NC(C)(C)C)c(OC)c1. The molecule has 0 radical (unpaired) electrons. The fourth-order valence-corrected chi connectivity index (χ4v) is 3.23. The first-order valence-electron chi connectivity index (χ1n) is 10.00. The van der Waals surface area contributed by atoms with Gasteiger partial charge in [0, 0.05) is 28.2 Å². The maximum absolute atomic E-state index is 5.50. The van der Waals surface area contributed by atoms with Crippen LogP contribution in [0.4, 0.5) is 11.6 Å². The Morgan fingerprint density at radius 2 is 1.70 bits per heavy atom. The first kappa shape index (κ1) is 23.7. The summed E-state index contributed by atoms with van der Waals surface area (Å²) in [4.78, 5) is 9.60. The molecule has 3 aromatic rings. The molecule has 0 spiro atoms. The third-order valence-electron chi connectivity index (χ3n) is 4.08. The van der Waals surface area contributed by atoms with E-state index >= 15 is 0 Å². The highest BCUT2D eigenvalue weighted by atomic mass is 79.9. The van der Waals surface area contributed by atoms with E-state index in [4.69, 9.17) is 19.4 Å². The summed E-state index contributed by atoms with van der Waals surface area (Å²) >= 11 is 3.56. The summed E-state index contributed by atoms with van der Waals surface area (Å²) in [6.07, 6.45) is 0. The van der Waals surface area contributed by atoms with Gasteiger partial charge in [-0.25, -0.2) is 9.97 Å². The number of ether oxygens (including phenoxy) is 2. The van der Waals surface area contributed by atoms with Crippen LogP contribution in [0, 0.1) is 0 Å². The number of methoxy groups -OCH3 is 2. The molecule has 30 heavy (non-hydrogen) atoms. The van der Waals surface area contributed by atoms with Gasteiger partial charge in [-0.15, -0.1) is 0 Å². The molecule has 1 heterocycles. The molecule has 0 fully saturated rings. The minimum Gasteiger partial charge on any atom is -0.497 e. The number of para-hydroxylation sites is 1. The Hall–Kier alpha value is -2.54. The van der Waals surface area contributed by atoms with E-state index in [2.05, 4.69) is 47.3 Å². The van der Waals surface area contributed by atoms with Gasteiger partial charge in [-0.05, 0) is 61.0 Å². The molecule has 1 aromatic heterocycles. The van der Waals surface area contributed by atoms with Crippen LogP contribution in [-0.4, -0.2) is 29.7 Å². The third-order valence-corrected chi connectivity index (χ3v) is 4.72. The van der Waals surface area contributed by atoms with E-state index in [1.54, 1.807) is 14.2 Å². The van der Waals surface area contributed by atoms with Crippen molar-refractivity contribution in [2.24, 2.45) is 0 Å². The van der Waals surface area contributed by atoms with Crippen molar-refractivity contribution < 1.29 is 9.47 Å². The van der Waals surface area contributed by atoms with E-state index in [0.29, 0.717) is 18.2 Å². The lowest BCUT2D eigenvalue weighted by Gasteiger charge is -2.23. The van der Waals surface area contributed by atoms with Crippen molar-refractivity contribution in [2.45, 2.75) is 46.7 Å². The summed E-state index contributed by atoms with van der Waals surface area (Å²) < 4.78 is 11.7. The van der Waals surface area contributed by atoms with Crippen LogP contribution in [-0.2, 0) is 6.54 Å². The molecular formula is C23H31BrN4O2. The molecule has 162 valence electrons. The molecule has 0 amide bonds. The van der Waals surface area contributed by atoms with Gasteiger partial charge < -0.3 is 20.1 Å². The van der Waals surface area contributed by atoms with Crippen molar-refractivity contribution in [1.29, 1.82) is 0 Å². The Balaban J connectivity index is 0.00000155. The fourth-order valence-electron chi connectivity index (χ4n) is 2.79. The topological polar surface area (TPSA) is 68.3 Å². The smallest absolute Gasteiger partial charge is 0.170 e. The lowest BCUT2D eigenvalue weighted by molar-refractivity contribution is 0.391. The number of anilines is 2. The Bertz CT molecular complexity index is 987. The second-order valence-electron chi connectivity index (χ2n) is 7.43. The number of rotatable bonds is 6. The van der Waals surface area contributed by atoms with Crippen LogP contribution in [0.1, 0.15) is 40.2 Å². The van der Waals surface area contributed by atoms with Gasteiger partial charge in [-0.2, -0.15) is 0 Å². The molecule has 2 aromatic carbocycles. The maximum atomic E-state index is 5.50. The molecule has 0 atom stereocenters. The van der Waals surface area contributed by atoms with Crippen LogP contribution in [0.2, 0.25) is 0 Å². The summed E-state index contributed by atoms with van der Waals surface area (Å²) in [7, 11) is 3.29. The largest absolute Gasteiger partial charge is 0.497 e. The quantitative estimate of drug-likeness (QED) is 0.439. The minimum atomic E-state index is -0.155. The molecule has 6 nitrogen and oxygen atoms in total. The molecule has 2 N–H and O–H groups in total. The molecule has 0 aliphatic rings. The van der Waals surface area contributed by atoms with Crippen LogP contribution < -0.4 is 20.1 Å². The third kappa shape index (κ3) is 5.98. The van der Waals surface area contributed by atoms with Gasteiger partial charge in [0.2, 0.25) is 0 Å². The Morgan fingerprint density at radius 1 is 0.967 bits per heavy atom. The molecule has 3 rings (SSSR count). The maximum Gasteiger partial charge on any atom is 0.170 e. The highest BCUT2D eigenvalue weighted by molar-refractivity contribution is 9.10. The van der Waals surface area contributed by atoms with Gasteiger partial charge in [0.1, 0.15) is 17.0 Å². The summed E-state index contributed by atoms with van der Waals surface area (Å²) in [6.45, 7) is 10.8. The number of benzene rings is 2. The first-order chi connectivity index (χ1) is 14.3. The standard InChI is InChI=1S/C21H25BrN4O2.C2H6/c1-21(2,3)26-20-19(24-16-8-6-7-15(22)18(16)25-20)23-12-13-9-10-14(27-4)11-17(13)28-5;1-2/h6-11H,12H2,1-5H3,(H,23,24)(H,25,26);1-2H3. The van der Waals surface area contributed by atoms with Crippen LogP contribution in [0.15, 0.2) is 40.9 Å². The molecule has 7 heteroatoms. The molecular weight excluding hydrogens is 444 g/mol. The lowest BCUT2D eigenvalue weighted by Crippen LogP contribution is -2.27. The Morgan fingerprint density at radius 3 is 2.33 bits per heavy atom. The average Bonchev–Trinajstić information content (AvgIpc) is 2.73. The zero-order valence-electron chi connectivity index (χ0n) is 18.8. The highest BCUT2D eigenvalue weighted by Crippen LogP contribution is 2.30. The average molecular weight is 475 g/mol. The Kier molecular flexibility index (Phi) is 8.29. The van der Waals surface area contributed by atoms with Gasteiger partial charge in [0.15, 0.2) is 11.6 Å². The molecule has 0 aliphatic carbocycles. The number of halogens is 1. The first-order valence-corrected chi connectivity index (χ1v) is 10.8. The van der Waals surface area contributed by atoms with Crippen molar-refractivity contribution in [2.75, 3.05) is 24.9 Å². The number of hydrogen-bond acceptors (Lipinski definition) is 6. The van der Waals surface area contributed by atoms with E-state index in [9.17, 15) is 0 Å². The zero-order valence-corrected chi connectivity index (χ0v) is 20.3. The number of nitrogens with one attached hydrogen (secondary N) is 2. The van der Waals surface area contributed by atoms with Gasteiger partial charge in [0.25, 0.3) is 0 Å². The van der Waals surface area contributed by atoms with Crippen LogP contribution in [0.25, 0.3) is 11.0 Å². The van der Waals surface area contributed by atoms with Gasteiger partial charge in [-0.1, -0.05) is 19.9 Å². The molecule has 0 saturated heterocycles. The van der Waals surface area contributed by atoms with Crippen LogP contribution >= 0.6 is 15.9 Å². The second kappa shape index (κ2) is 10.5. The van der Waals surface area contributed by atoms with Crippen LogP contribution in [0.3, 0.4) is 0 Å². The highest BCUT2D eigenvalue weighted by Gasteiger charge is 2.17. The lowest BCUT2D eigenvalue weighted by atomic mass is 10.1. The summed E-state index contributed by atoms with van der Waals surface area (Å²) in [6, 6.07) is 11.6. The Labute approximate surface area is 187 Å². The van der Waals surface area contributed by atoms with E-state index in [1.165, 1.54) is 0 Å². The van der Waals surface area contributed by atoms with Crippen molar-refractivity contribution in [3.63, 3.8) is 0 Å².